The molecule has 0 fully saturated rings. The van der Waals surface area contributed by atoms with Crippen molar-refractivity contribution in [2.45, 2.75) is 19.8 Å². The first-order chi connectivity index (χ1) is 10.2. The van der Waals surface area contributed by atoms with Crippen LogP contribution in [0.5, 0.6) is 0 Å². The van der Waals surface area contributed by atoms with Gasteiger partial charge in [0.2, 0.25) is 0 Å². The quantitative estimate of drug-likeness (QED) is 0.782. The highest BCUT2D eigenvalue weighted by Crippen LogP contribution is 2.11. The van der Waals surface area contributed by atoms with Crippen LogP contribution < -0.4 is 0 Å². The summed E-state index contributed by atoms with van der Waals surface area (Å²) < 4.78 is 0. The molecule has 108 valence electrons. The maximum absolute atomic E-state index is 12.6. The Balaban J connectivity index is 2.26. The van der Waals surface area contributed by atoms with Gasteiger partial charge < -0.3 is 0 Å². The molecular weight excluding hydrogens is 262 g/mol. The molecule has 3 heteroatoms. The van der Waals surface area contributed by atoms with Crippen LogP contribution in [0.25, 0.3) is 0 Å². The van der Waals surface area contributed by atoms with Crippen LogP contribution in [0, 0.1) is 0 Å². The van der Waals surface area contributed by atoms with Gasteiger partial charge in [0.05, 0.1) is 0 Å². The molecule has 0 unspecified atom stereocenters. The number of benzene rings is 2. The van der Waals surface area contributed by atoms with E-state index in [2.05, 4.69) is 0 Å². The van der Waals surface area contributed by atoms with E-state index in [1.807, 2.05) is 19.1 Å². The topological polar surface area (TPSA) is 37.4 Å². The van der Waals surface area contributed by atoms with Crippen LogP contribution >= 0.6 is 0 Å². The monoisotopic (exact) mass is 281 g/mol. The summed E-state index contributed by atoms with van der Waals surface area (Å²) >= 11 is 0. The number of unbranched alkanes of at least 4 members (excludes halogenated alkanes) is 1. The van der Waals surface area contributed by atoms with Gasteiger partial charge in [0.1, 0.15) is 0 Å². The Morgan fingerprint density at radius 2 is 1.24 bits per heavy atom. The van der Waals surface area contributed by atoms with Crippen LogP contribution in [0.2, 0.25) is 0 Å². The predicted octanol–water partition coefficient (Wildman–Crippen LogP) is 3.77. The summed E-state index contributed by atoms with van der Waals surface area (Å²) in [5.41, 5.74) is 1.08. The first-order valence-electron chi connectivity index (χ1n) is 7.20. The Bertz CT molecular complexity index is 542. The van der Waals surface area contributed by atoms with Gasteiger partial charge in [-0.15, -0.1) is 0 Å². The first-order valence-corrected chi connectivity index (χ1v) is 7.20. The number of nitrogens with zero attached hydrogens (tertiary/aromatic N) is 1. The zero-order valence-corrected chi connectivity index (χ0v) is 12.2. The van der Waals surface area contributed by atoms with E-state index in [1.54, 1.807) is 48.5 Å². The van der Waals surface area contributed by atoms with Crippen LogP contribution in [0.3, 0.4) is 0 Å². The van der Waals surface area contributed by atoms with Crippen LogP contribution in [-0.2, 0) is 0 Å². The van der Waals surface area contributed by atoms with Gasteiger partial charge in [-0.2, -0.15) is 0 Å². The highest BCUT2D eigenvalue weighted by atomic mass is 16.2. The Labute approximate surface area is 125 Å². The lowest BCUT2D eigenvalue weighted by molar-refractivity contribution is 0.0614. The van der Waals surface area contributed by atoms with E-state index in [1.165, 1.54) is 4.90 Å². The van der Waals surface area contributed by atoms with Crippen molar-refractivity contribution in [3.63, 3.8) is 0 Å². The van der Waals surface area contributed by atoms with Crippen LogP contribution in [0.15, 0.2) is 60.7 Å². The molecule has 2 aromatic rings. The Hall–Kier alpha value is -2.42. The molecule has 0 aliphatic rings. The molecule has 0 heterocycles. The van der Waals surface area contributed by atoms with Gasteiger partial charge in [0, 0.05) is 17.7 Å². The van der Waals surface area contributed by atoms with Gasteiger partial charge in [-0.05, 0) is 30.7 Å². The van der Waals surface area contributed by atoms with Crippen molar-refractivity contribution in [3.8, 4) is 0 Å². The van der Waals surface area contributed by atoms with Gasteiger partial charge >= 0.3 is 0 Å². The standard InChI is InChI=1S/C18H19NO2/c1-2-3-14-19(17(20)15-10-6-4-7-11-15)18(21)16-12-8-5-9-13-16/h4-13H,2-3,14H2,1H3. The number of rotatable bonds is 5. The Morgan fingerprint density at radius 1 is 0.810 bits per heavy atom. The summed E-state index contributed by atoms with van der Waals surface area (Å²) in [5.74, 6) is -0.476. The van der Waals surface area contributed by atoms with Gasteiger partial charge in [-0.25, -0.2) is 0 Å². The largest absolute Gasteiger partial charge is 0.274 e. The second kappa shape index (κ2) is 7.39. The van der Waals surface area contributed by atoms with Crippen molar-refractivity contribution in [2.75, 3.05) is 6.54 Å². The number of imide groups is 1. The summed E-state index contributed by atoms with van der Waals surface area (Å²) in [6.07, 6.45) is 1.73. The molecular formula is C18H19NO2. The molecule has 0 aliphatic carbocycles. The van der Waals surface area contributed by atoms with Gasteiger partial charge in [0.25, 0.3) is 11.8 Å². The molecule has 0 aromatic heterocycles. The third kappa shape index (κ3) is 3.78. The lowest BCUT2D eigenvalue weighted by atomic mass is 10.1. The average molecular weight is 281 g/mol. The van der Waals surface area contributed by atoms with Crippen molar-refractivity contribution in [3.05, 3.63) is 71.8 Å². The fourth-order valence-corrected chi connectivity index (χ4v) is 2.08. The van der Waals surface area contributed by atoms with E-state index in [0.717, 1.165) is 12.8 Å². The van der Waals surface area contributed by atoms with Crippen molar-refractivity contribution in [1.29, 1.82) is 0 Å². The number of hydrogen-bond donors (Lipinski definition) is 0. The van der Waals surface area contributed by atoms with Crippen molar-refractivity contribution >= 4 is 11.8 Å². The third-order valence-corrected chi connectivity index (χ3v) is 3.27. The van der Waals surface area contributed by atoms with E-state index in [9.17, 15) is 9.59 Å². The second-order valence-corrected chi connectivity index (χ2v) is 4.85. The fourth-order valence-electron chi connectivity index (χ4n) is 2.08. The summed E-state index contributed by atoms with van der Waals surface area (Å²) in [6.45, 7) is 2.48. The smallest absolute Gasteiger partial charge is 0.260 e. The lowest BCUT2D eigenvalue weighted by Crippen LogP contribution is -2.37. The van der Waals surface area contributed by atoms with Gasteiger partial charge in [0.15, 0.2) is 0 Å². The molecule has 0 N–H and O–H groups in total. The molecule has 2 aromatic carbocycles. The van der Waals surface area contributed by atoms with E-state index in [-0.39, 0.29) is 11.8 Å². The fraction of sp³-hybridized carbons (Fsp3) is 0.222. The molecule has 2 rings (SSSR count). The number of carbonyl (C=O) groups excluding carboxylic acids is 2. The Kier molecular flexibility index (Phi) is 5.27. The van der Waals surface area contributed by atoms with Gasteiger partial charge in [-0.1, -0.05) is 49.7 Å². The minimum absolute atomic E-state index is 0.238. The number of hydrogen-bond acceptors (Lipinski definition) is 2. The van der Waals surface area contributed by atoms with Crippen LogP contribution in [0.1, 0.15) is 40.5 Å². The SMILES string of the molecule is CCCCN(C(=O)c1ccccc1)C(=O)c1ccccc1. The molecule has 0 atom stereocenters. The van der Waals surface area contributed by atoms with E-state index in [0.29, 0.717) is 17.7 Å². The van der Waals surface area contributed by atoms with E-state index in [4.69, 9.17) is 0 Å². The minimum atomic E-state index is -0.238. The molecule has 0 aliphatic heterocycles. The summed E-state index contributed by atoms with van der Waals surface area (Å²) in [7, 11) is 0. The second-order valence-electron chi connectivity index (χ2n) is 4.85. The summed E-state index contributed by atoms with van der Waals surface area (Å²) in [5, 5.41) is 0. The van der Waals surface area contributed by atoms with Crippen LogP contribution in [0.4, 0.5) is 0 Å². The maximum Gasteiger partial charge on any atom is 0.260 e. The number of carbonyl (C=O) groups is 2. The maximum atomic E-state index is 12.6. The van der Waals surface area contributed by atoms with Crippen molar-refractivity contribution in [1.82, 2.24) is 4.90 Å². The van der Waals surface area contributed by atoms with Crippen molar-refractivity contribution in [2.24, 2.45) is 0 Å². The normalized spacial score (nSPS) is 10.1. The zero-order chi connectivity index (χ0) is 15.1. The van der Waals surface area contributed by atoms with E-state index >= 15 is 0 Å². The molecule has 0 spiro atoms. The molecule has 21 heavy (non-hydrogen) atoms. The minimum Gasteiger partial charge on any atom is -0.274 e. The predicted molar refractivity (Wildman–Crippen MR) is 83.2 cm³/mol. The Morgan fingerprint density at radius 3 is 1.62 bits per heavy atom. The summed E-state index contributed by atoms with van der Waals surface area (Å²) in [6, 6.07) is 17.9. The molecule has 0 saturated carbocycles. The van der Waals surface area contributed by atoms with Crippen molar-refractivity contribution < 1.29 is 9.59 Å². The molecule has 0 bridgehead atoms. The zero-order valence-electron chi connectivity index (χ0n) is 12.2. The lowest BCUT2D eigenvalue weighted by Gasteiger charge is -2.21. The molecule has 2 amide bonds. The molecule has 3 nitrogen and oxygen atoms in total. The highest BCUT2D eigenvalue weighted by Gasteiger charge is 2.23. The first kappa shape index (κ1) is 15.0. The number of amides is 2. The third-order valence-electron chi connectivity index (χ3n) is 3.27. The van der Waals surface area contributed by atoms with Gasteiger partial charge in [-0.3, -0.25) is 14.5 Å². The highest BCUT2D eigenvalue weighted by molar-refractivity contribution is 6.10. The average Bonchev–Trinajstić information content (AvgIpc) is 2.56. The molecule has 0 saturated heterocycles. The molecule has 0 radical (unpaired) electrons. The summed E-state index contributed by atoms with van der Waals surface area (Å²) in [4.78, 5) is 26.5. The van der Waals surface area contributed by atoms with E-state index < -0.39 is 0 Å². The van der Waals surface area contributed by atoms with Crippen LogP contribution in [-0.4, -0.2) is 23.3 Å².